The predicted octanol–water partition coefficient (Wildman–Crippen LogP) is 2.00. The lowest BCUT2D eigenvalue weighted by Gasteiger charge is -2.36. The van der Waals surface area contributed by atoms with E-state index in [-0.39, 0.29) is 30.2 Å². The first-order valence-electron chi connectivity index (χ1n) is 13.0. The monoisotopic (exact) mass is 485 g/mol. The van der Waals surface area contributed by atoms with Crippen LogP contribution in [0.5, 0.6) is 0 Å². The Labute approximate surface area is 207 Å². The average molecular weight is 486 g/mol. The van der Waals surface area contributed by atoms with E-state index in [0.29, 0.717) is 38.9 Å². The number of fused-ring (bicyclic) bond motifs is 1. The highest BCUT2D eigenvalue weighted by atomic mass is 16.5. The van der Waals surface area contributed by atoms with Crippen LogP contribution in [0.15, 0.2) is 30.3 Å². The minimum atomic E-state index is -1.02. The molecule has 3 fully saturated rings. The molecule has 3 unspecified atom stereocenters. The number of aliphatic hydroxyl groups is 1. The van der Waals surface area contributed by atoms with Crippen LogP contribution in [0.2, 0.25) is 0 Å². The van der Waals surface area contributed by atoms with Gasteiger partial charge in [-0.3, -0.25) is 14.4 Å². The molecule has 0 radical (unpaired) electrons. The van der Waals surface area contributed by atoms with Gasteiger partial charge in [-0.05, 0) is 44.1 Å². The highest BCUT2D eigenvalue weighted by Gasteiger charge is 2.79. The van der Waals surface area contributed by atoms with Gasteiger partial charge >= 0.3 is 0 Å². The first-order valence-corrected chi connectivity index (χ1v) is 13.0. The molecule has 35 heavy (non-hydrogen) atoms. The maximum Gasteiger partial charge on any atom is 0.245 e. The zero-order valence-corrected chi connectivity index (χ0v) is 21.1. The SMILES string of the molecule is CCCCNC(=O)C1N(CCCCO)C(=O)[C@@H]2[C@H](C(=O)NCc3ccccc3)[C@@]3(C)OC12CC3C. The normalized spacial score (nSPS) is 33.1. The minimum Gasteiger partial charge on any atom is -0.396 e. The van der Waals surface area contributed by atoms with Gasteiger partial charge in [0.05, 0.1) is 17.4 Å². The molecule has 0 aromatic heterocycles. The third-order valence-corrected chi connectivity index (χ3v) is 8.29. The number of amides is 3. The summed E-state index contributed by atoms with van der Waals surface area (Å²) >= 11 is 0. The van der Waals surface area contributed by atoms with E-state index in [1.54, 1.807) is 4.90 Å². The van der Waals surface area contributed by atoms with Crippen LogP contribution in [0.1, 0.15) is 58.4 Å². The zero-order valence-electron chi connectivity index (χ0n) is 21.1. The van der Waals surface area contributed by atoms with Crippen LogP contribution in [0.3, 0.4) is 0 Å². The molecule has 1 spiro atoms. The Balaban J connectivity index is 1.63. The summed E-state index contributed by atoms with van der Waals surface area (Å²) in [7, 11) is 0. The van der Waals surface area contributed by atoms with Crippen molar-refractivity contribution in [3.63, 3.8) is 0 Å². The fourth-order valence-corrected chi connectivity index (χ4v) is 6.45. The van der Waals surface area contributed by atoms with Crippen molar-refractivity contribution in [1.29, 1.82) is 0 Å². The molecule has 1 aromatic rings. The van der Waals surface area contributed by atoms with Crippen LogP contribution < -0.4 is 10.6 Å². The lowest BCUT2D eigenvalue weighted by molar-refractivity contribution is -0.147. The van der Waals surface area contributed by atoms with Crippen molar-refractivity contribution in [2.24, 2.45) is 17.8 Å². The van der Waals surface area contributed by atoms with E-state index in [1.165, 1.54) is 0 Å². The highest BCUT2D eigenvalue weighted by molar-refractivity contribution is 5.99. The number of hydrogen-bond acceptors (Lipinski definition) is 5. The van der Waals surface area contributed by atoms with E-state index in [1.807, 2.05) is 44.2 Å². The molecule has 8 heteroatoms. The Kier molecular flexibility index (Phi) is 7.52. The molecule has 3 amide bonds. The summed E-state index contributed by atoms with van der Waals surface area (Å²) in [6.45, 7) is 7.33. The first-order chi connectivity index (χ1) is 16.8. The molecule has 3 heterocycles. The van der Waals surface area contributed by atoms with E-state index in [2.05, 4.69) is 17.6 Å². The number of nitrogens with zero attached hydrogens (tertiary/aromatic N) is 1. The molecule has 192 valence electrons. The molecule has 6 atom stereocenters. The van der Waals surface area contributed by atoms with Crippen molar-refractivity contribution in [3.05, 3.63) is 35.9 Å². The Morgan fingerprint density at radius 1 is 1.14 bits per heavy atom. The molecule has 0 aliphatic carbocycles. The van der Waals surface area contributed by atoms with Gasteiger partial charge in [-0.15, -0.1) is 0 Å². The fraction of sp³-hybridized carbons (Fsp3) is 0.667. The Morgan fingerprint density at radius 3 is 2.57 bits per heavy atom. The molecule has 3 saturated heterocycles. The topological polar surface area (TPSA) is 108 Å². The third kappa shape index (κ3) is 4.35. The summed E-state index contributed by atoms with van der Waals surface area (Å²) in [4.78, 5) is 42.6. The van der Waals surface area contributed by atoms with Crippen LogP contribution in [-0.2, 0) is 25.7 Å². The van der Waals surface area contributed by atoms with E-state index in [4.69, 9.17) is 4.74 Å². The number of hydrogen-bond donors (Lipinski definition) is 3. The lowest BCUT2D eigenvalue weighted by atomic mass is 9.62. The van der Waals surface area contributed by atoms with E-state index in [0.717, 1.165) is 18.4 Å². The molecule has 3 N–H and O–H groups in total. The van der Waals surface area contributed by atoms with Gasteiger partial charge in [-0.1, -0.05) is 50.6 Å². The van der Waals surface area contributed by atoms with Crippen molar-refractivity contribution in [3.8, 4) is 0 Å². The molecule has 4 rings (SSSR count). The van der Waals surface area contributed by atoms with Gasteiger partial charge in [-0.25, -0.2) is 0 Å². The molecule has 2 bridgehead atoms. The standard InChI is InChI=1S/C27H39N3O5/c1-4-5-13-28-24(33)22-27-16-18(2)26(3,35-27)20(21(27)25(34)30(22)14-9-10-15-31)23(32)29-17-19-11-7-6-8-12-19/h6-8,11-12,18,20-22,31H,4-5,9-10,13-17H2,1-3H3,(H,28,33)(H,29,32)/t18?,20-,21+,22?,26+,27?/m1/s1. The lowest BCUT2D eigenvalue weighted by Crippen LogP contribution is -2.56. The number of ether oxygens (including phenoxy) is 1. The van der Waals surface area contributed by atoms with Crippen LogP contribution in [-0.4, -0.2) is 64.7 Å². The first kappa shape index (κ1) is 25.6. The molecule has 1 aromatic carbocycles. The van der Waals surface area contributed by atoms with Crippen LogP contribution in [0, 0.1) is 17.8 Å². The van der Waals surface area contributed by atoms with Gasteiger partial charge in [0.15, 0.2) is 0 Å². The van der Waals surface area contributed by atoms with Crippen molar-refractivity contribution in [2.45, 2.75) is 76.7 Å². The van der Waals surface area contributed by atoms with Crippen molar-refractivity contribution in [1.82, 2.24) is 15.5 Å². The molecular formula is C27H39N3O5. The summed E-state index contributed by atoms with van der Waals surface area (Å²) in [6.07, 6.45) is 3.49. The van der Waals surface area contributed by atoms with Gasteiger partial charge in [0, 0.05) is 26.2 Å². The predicted molar refractivity (Wildman–Crippen MR) is 131 cm³/mol. The van der Waals surface area contributed by atoms with Crippen molar-refractivity contribution >= 4 is 17.7 Å². The summed E-state index contributed by atoms with van der Waals surface area (Å²) < 4.78 is 6.68. The second-order valence-corrected chi connectivity index (χ2v) is 10.5. The number of carbonyl (C=O) groups excluding carboxylic acids is 3. The Hall–Kier alpha value is -2.45. The largest absolute Gasteiger partial charge is 0.396 e. The third-order valence-electron chi connectivity index (χ3n) is 8.29. The number of nitrogens with one attached hydrogen (secondary N) is 2. The number of benzene rings is 1. The summed E-state index contributed by atoms with van der Waals surface area (Å²) in [5.41, 5.74) is -0.857. The average Bonchev–Trinajstić information content (AvgIpc) is 3.35. The van der Waals surface area contributed by atoms with Gasteiger partial charge in [0.25, 0.3) is 0 Å². The van der Waals surface area contributed by atoms with E-state index >= 15 is 0 Å². The summed E-state index contributed by atoms with van der Waals surface area (Å²) in [5.74, 6) is -1.95. The Morgan fingerprint density at radius 2 is 1.89 bits per heavy atom. The fourth-order valence-electron chi connectivity index (χ4n) is 6.45. The number of unbranched alkanes of at least 4 members (excludes halogenated alkanes) is 2. The highest BCUT2D eigenvalue weighted by Crippen LogP contribution is 2.65. The van der Waals surface area contributed by atoms with Crippen molar-refractivity contribution in [2.75, 3.05) is 19.7 Å². The maximum absolute atomic E-state index is 13.9. The van der Waals surface area contributed by atoms with Crippen LogP contribution in [0.25, 0.3) is 0 Å². The van der Waals surface area contributed by atoms with Crippen LogP contribution in [0.4, 0.5) is 0 Å². The number of carbonyl (C=O) groups is 3. The van der Waals surface area contributed by atoms with Gasteiger partial charge < -0.3 is 25.4 Å². The van der Waals surface area contributed by atoms with E-state index < -0.39 is 29.1 Å². The van der Waals surface area contributed by atoms with E-state index in [9.17, 15) is 19.5 Å². The van der Waals surface area contributed by atoms with Gasteiger partial charge in [-0.2, -0.15) is 0 Å². The molecule has 3 aliphatic heterocycles. The quantitative estimate of drug-likeness (QED) is 0.416. The van der Waals surface area contributed by atoms with Crippen LogP contribution >= 0.6 is 0 Å². The maximum atomic E-state index is 13.9. The Bertz CT molecular complexity index is 940. The second-order valence-electron chi connectivity index (χ2n) is 10.5. The molecule has 8 nitrogen and oxygen atoms in total. The molecule has 0 saturated carbocycles. The molecule has 3 aliphatic rings. The summed E-state index contributed by atoms with van der Waals surface area (Å²) in [6, 6.07) is 8.90. The summed E-state index contributed by atoms with van der Waals surface area (Å²) in [5, 5.41) is 15.3. The van der Waals surface area contributed by atoms with Gasteiger partial charge in [0.2, 0.25) is 17.7 Å². The van der Waals surface area contributed by atoms with Crippen molar-refractivity contribution < 1.29 is 24.2 Å². The molecular weight excluding hydrogens is 446 g/mol. The zero-order chi connectivity index (χ0) is 25.2. The van der Waals surface area contributed by atoms with Gasteiger partial charge in [0.1, 0.15) is 11.6 Å². The number of rotatable bonds is 11. The number of aliphatic hydroxyl groups excluding tert-OH is 1. The minimum absolute atomic E-state index is 0.0161. The smallest absolute Gasteiger partial charge is 0.245 e. The second kappa shape index (κ2) is 10.3. The number of likely N-dealkylation sites (tertiary alicyclic amines) is 1.